The van der Waals surface area contributed by atoms with Crippen LogP contribution in [0, 0.1) is 6.92 Å². The number of carbonyl (C=O) groups is 1. The van der Waals surface area contributed by atoms with Gasteiger partial charge in [-0.25, -0.2) is 0 Å². The number of hydrogen-bond acceptors (Lipinski definition) is 5. The first-order valence-corrected chi connectivity index (χ1v) is 8.16. The van der Waals surface area contributed by atoms with Crippen LogP contribution in [0.2, 0.25) is 5.02 Å². The second kappa shape index (κ2) is 6.84. The van der Waals surface area contributed by atoms with Gasteiger partial charge in [-0.05, 0) is 42.3 Å². The van der Waals surface area contributed by atoms with Crippen LogP contribution in [0.4, 0.5) is 0 Å². The van der Waals surface area contributed by atoms with E-state index in [9.17, 15) is 4.79 Å². The largest absolute Gasteiger partial charge is 0.493 e. The predicted molar refractivity (Wildman–Crippen MR) is 94.4 cm³/mol. The third-order valence-corrected chi connectivity index (χ3v) is 4.76. The maximum atomic E-state index is 12.1. The molecular formula is C19H19ClO5. The number of carbonyl (C=O) groups excluding carboxylic acids is 1. The first-order chi connectivity index (χ1) is 12.0. The summed E-state index contributed by atoms with van der Waals surface area (Å²) in [6.45, 7) is 1.87. The fourth-order valence-electron chi connectivity index (χ4n) is 3.07. The third kappa shape index (κ3) is 3.12. The van der Waals surface area contributed by atoms with Crippen LogP contribution in [0.25, 0.3) is 0 Å². The normalized spacial score (nSPS) is 16.0. The number of esters is 1. The summed E-state index contributed by atoms with van der Waals surface area (Å²) in [7, 11) is 4.67. The topological polar surface area (TPSA) is 54.0 Å². The molecule has 0 radical (unpaired) electrons. The molecule has 132 valence electrons. The van der Waals surface area contributed by atoms with E-state index < -0.39 is 0 Å². The molecule has 0 saturated carbocycles. The Balaban J connectivity index is 2.17. The van der Waals surface area contributed by atoms with Gasteiger partial charge in [0.25, 0.3) is 0 Å². The molecule has 0 bridgehead atoms. The monoisotopic (exact) mass is 362 g/mol. The van der Waals surface area contributed by atoms with Crippen LogP contribution in [0.15, 0.2) is 24.3 Å². The molecule has 0 spiro atoms. The molecule has 5 nitrogen and oxygen atoms in total. The molecule has 0 amide bonds. The average Bonchev–Trinajstić information content (AvgIpc) is 2.61. The van der Waals surface area contributed by atoms with E-state index >= 15 is 0 Å². The lowest BCUT2D eigenvalue weighted by atomic mass is 9.85. The van der Waals surface area contributed by atoms with Crippen molar-refractivity contribution in [3.63, 3.8) is 0 Å². The van der Waals surface area contributed by atoms with E-state index in [1.807, 2.05) is 25.1 Å². The highest BCUT2D eigenvalue weighted by Gasteiger charge is 2.30. The lowest BCUT2D eigenvalue weighted by Crippen LogP contribution is -2.21. The van der Waals surface area contributed by atoms with Crippen molar-refractivity contribution in [3.8, 4) is 23.0 Å². The van der Waals surface area contributed by atoms with Crippen molar-refractivity contribution in [2.75, 3.05) is 21.3 Å². The Morgan fingerprint density at radius 3 is 2.24 bits per heavy atom. The van der Waals surface area contributed by atoms with Crippen LogP contribution in [0.3, 0.4) is 0 Å². The molecule has 0 N–H and O–H groups in total. The van der Waals surface area contributed by atoms with Gasteiger partial charge in [-0.2, -0.15) is 0 Å². The summed E-state index contributed by atoms with van der Waals surface area (Å²) < 4.78 is 21.6. The Kier molecular flexibility index (Phi) is 4.77. The molecule has 1 aliphatic rings. The van der Waals surface area contributed by atoms with E-state index in [1.165, 1.54) is 0 Å². The van der Waals surface area contributed by atoms with Crippen molar-refractivity contribution in [2.24, 2.45) is 0 Å². The molecule has 6 heteroatoms. The van der Waals surface area contributed by atoms with Crippen LogP contribution in [0.1, 0.15) is 29.0 Å². The van der Waals surface area contributed by atoms with E-state index in [2.05, 4.69) is 0 Å². The summed E-state index contributed by atoms with van der Waals surface area (Å²) in [6, 6.07) is 7.34. The summed E-state index contributed by atoms with van der Waals surface area (Å²) in [5.74, 6) is 1.63. The number of methoxy groups -OCH3 is 3. The second-order valence-corrected chi connectivity index (χ2v) is 6.24. The molecule has 25 heavy (non-hydrogen) atoms. The van der Waals surface area contributed by atoms with Crippen LogP contribution in [-0.2, 0) is 4.79 Å². The van der Waals surface area contributed by atoms with Crippen molar-refractivity contribution < 1.29 is 23.7 Å². The Bertz CT molecular complexity index is 806. The molecule has 2 aromatic carbocycles. The van der Waals surface area contributed by atoms with Crippen LogP contribution in [0.5, 0.6) is 23.0 Å². The van der Waals surface area contributed by atoms with Gasteiger partial charge in [0, 0.05) is 16.5 Å². The number of benzene rings is 2. The predicted octanol–water partition coefficient (Wildman–Crippen LogP) is 4.12. The van der Waals surface area contributed by atoms with Gasteiger partial charge in [-0.3, -0.25) is 4.79 Å². The van der Waals surface area contributed by atoms with Gasteiger partial charge in [-0.1, -0.05) is 11.6 Å². The molecule has 0 aromatic heterocycles. The van der Waals surface area contributed by atoms with E-state index in [1.54, 1.807) is 27.4 Å². The molecule has 0 saturated heterocycles. The van der Waals surface area contributed by atoms with Crippen LogP contribution >= 0.6 is 11.6 Å². The lowest BCUT2D eigenvalue weighted by molar-refractivity contribution is -0.135. The van der Waals surface area contributed by atoms with Crippen molar-refractivity contribution >= 4 is 17.6 Å². The highest BCUT2D eigenvalue weighted by atomic mass is 35.5. The molecule has 3 rings (SSSR count). The summed E-state index contributed by atoms with van der Waals surface area (Å²) in [5, 5.41) is 0.633. The standard InChI is InChI=1S/C19H19ClO5/c1-10-5-15-13(8-14(10)20)12(9-18(21)25-15)11-6-16(22-2)19(24-4)17(7-11)23-3/h5-8,12H,9H2,1-4H3/t12-/m0/s1. The number of aryl methyl sites for hydroxylation is 1. The highest BCUT2D eigenvalue weighted by Crippen LogP contribution is 2.46. The Hall–Kier alpha value is -2.40. The van der Waals surface area contributed by atoms with Gasteiger partial charge < -0.3 is 18.9 Å². The molecule has 0 fully saturated rings. The van der Waals surface area contributed by atoms with Crippen molar-refractivity contribution in [1.29, 1.82) is 0 Å². The number of ether oxygens (including phenoxy) is 4. The van der Waals surface area contributed by atoms with E-state index in [0.717, 1.165) is 16.7 Å². The Morgan fingerprint density at radius 2 is 1.68 bits per heavy atom. The SMILES string of the molecule is COc1cc([C@@H]2CC(=O)Oc3cc(C)c(Cl)cc32)cc(OC)c1OC. The first kappa shape index (κ1) is 17.4. The third-order valence-electron chi connectivity index (χ3n) is 4.35. The van der Waals surface area contributed by atoms with Gasteiger partial charge in [0.1, 0.15) is 5.75 Å². The number of rotatable bonds is 4. The fourth-order valence-corrected chi connectivity index (χ4v) is 3.24. The summed E-state index contributed by atoms with van der Waals surface area (Å²) in [5.41, 5.74) is 2.59. The van der Waals surface area contributed by atoms with Crippen molar-refractivity contribution in [3.05, 3.63) is 46.0 Å². The number of hydrogen-bond donors (Lipinski definition) is 0. The van der Waals surface area contributed by atoms with Gasteiger partial charge in [0.05, 0.1) is 27.8 Å². The molecule has 1 heterocycles. The molecule has 2 aromatic rings. The zero-order valence-corrected chi connectivity index (χ0v) is 15.3. The van der Waals surface area contributed by atoms with Gasteiger partial charge >= 0.3 is 5.97 Å². The zero-order chi connectivity index (χ0) is 18.1. The van der Waals surface area contributed by atoms with Crippen molar-refractivity contribution in [2.45, 2.75) is 19.3 Å². The maximum Gasteiger partial charge on any atom is 0.312 e. The summed E-state index contributed by atoms with van der Waals surface area (Å²) in [6.07, 6.45) is 0.213. The minimum absolute atomic E-state index is 0.206. The summed E-state index contributed by atoms with van der Waals surface area (Å²) in [4.78, 5) is 12.1. The van der Waals surface area contributed by atoms with Gasteiger partial charge in [0.15, 0.2) is 11.5 Å². The molecule has 1 atom stereocenters. The maximum absolute atomic E-state index is 12.1. The van der Waals surface area contributed by atoms with E-state index in [-0.39, 0.29) is 18.3 Å². The van der Waals surface area contributed by atoms with Crippen LogP contribution in [-0.4, -0.2) is 27.3 Å². The highest BCUT2D eigenvalue weighted by molar-refractivity contribution is 6.31. The van der Waals surface area contributed by atoms with E-state index in [4.69, 9.17) is 30.5 Å². The van der Waals surface area contributed by atoms with Gasteiger partial charge in [-0.15, -0.1) is 0 Å². The second-order valence-electron chi connectivity index (χ2n) is 5.83. The first-order valence-electron chi connectivity index (χ1n) is 7.79. The van der Waals surface area contributed by atoms with Gasteiger partial charge in [0.2, 0.25) is 5.75 Å². The fraction of sp³-hybridized carbons (Fsp3) is 0.316. The minimum Gasteiger partial charge on any atom is -0.493 e. The zero-order valence-electron chi connectivity index (χ0n) is 14.5. The number of fused-ring (bicyclic) bond motifs is 1. The molecular weight excluding hydrogens is 344 g/mol. The smallest absolute Gasteiger partial charge is 0.312 e. The van der Waals surface area contributed by atoms with Crippen LogP contribution < -0.4 is 18.9 Å². The minimum atomic E-state index is -0.284. The van der Waals surface area contributed by atoms with Crippen molar-refractivity contribution in [1.82, 2.24) is 0 Å². The molecule has 0 unspecified atom stereocenters. The quantitative estimate of drug-likeness (QED) is 0.605. The number of halogens is 1. The Labute approximate surface area is 151 Å². The Morgan fingerprint density at radius 1 is 1.04 bits per heavy atom. The lowest BCUT2D eigenvalue weighted by Gasteiger charge is -2.26. The molecule has 1 aliphatic heterocycles. The average molecular weight is 363 g/mol. The summed E-state index contributed by atoms with van der Waals surface area (Å²) >= 11 is 6.29. The molecule has 0 aliphatic carbocycles. The van der Waals surface area contributed by atoms with E-state index in [0.29, 0.717) is 28.0 Å².